The smallest absolute Gasteiger partial charge is 0.268 e. The van der Waals surface area contributed by atoms with Gasteiger partial charge in [0, 0.05) is 5.33 Å². The van der Waals surface area contributed by atoms with Gasteiger partial charge in [-0.1, -0.05) is 67.2 Å². The largest absolute Gasteiger partial charge is 0.269 e. The van der Waals surface area contributed by atoms with Crippen LogP contribution in [0.4, 0.5) is 0 Å². The Balaban J connectivity index is 1.87. The molecule has 9 nitrogen and oxygen atoms in total. The maximum atomic E-state index is 13.8. The van der Waals surface area contributed by atoms with E-state index in [9.17, 15) is 30.0 Å². The second-order valence-corrected chi connectivity index (χ2v) is 15.4. The van der Waals surface area contributed by atoms with Crippen LogP contribution in [0.2, 0.25) is 0 Å². The van der Waals surface area contributed by atoms with Gasteiger partial charge in [-0.15, -0.1) is 0 Å². The third-order valence-corrected chi connectivity index (χ3v) is 12.8. The molecule has 1 heterocycles. The Bertz CT molecular complexity index is 1610. The number of halogens is 1. The fourth-order valence-electron chi connectivity index (χ4n) is 4.13. The number of fused-ring (bicyclic) bond motifs is 1. The third kappa shape index (κ3) is 5.05. The Morgan fingerprint density at radius 2 is 1.29 bits per heavy atom. The van der Waals surface area contributed by atoms with Gasteiger partial charge in [-0.3, -0.25) is 4.79 Å². The molecule has 38 heavy (non-hydrogen) atoms. The van der Waals surface area contributed by atoms with E-state index in [4.69, 9.17) is 0 Å². The SMILES string of the molecule is Cc1ccc(S(=O)(=O)N(CC(CCBr)N2C(=O)c3ccccc3S2(=O)=O)S(=O)(=O)c2ccc(C)cc2)cc1. The van der Waals surface area contributed by atoms with Gasteiger partial charge in [0.25, 0.3) is 36.0 Å². The molecular formula is C25H25BrN2O7S3. The summed E-state index contributed by atoms with van der Waals surface area (Å²) in [5.74, 6) is -0.841. The van der Waals surface area contributed by atoms with E-state index in [1.165, 1.54) is 72.8 Å². The van der Waals surface area contributed by atoms with E-state index in [2.05, 4.69) is 15.9 Å². The van der Waals surface area contributed by atoms with Gasteiger partial charge in [-0.2, -0.15) is 0 Å². The quantitative estimate of drug-likeness (QED) is 0.327. The molecule has 0 fully saturated rings. The first-order valence-electron chi connectivity index (χ1n) is 11.5. The summed E-state index contributed by atoms with van der Waals surface area (Å²) in [6.07, 6.45) is -0.0394. The zero-order chi connectivity index (χ0) is 27.9. The van der Waals surface area contributed by atoms with E-state index < -0.39 is 48.6 Å². The van der Waals surface area contributed by atoms with E-state index >= 15 is 0 Å². The van der Waals surface area contributed by atoms with Crippen molar-refractivity contribution < 1.29 is 30.0 Å². The van der Waals surface area contributed by atoms with Crippen LogP contribution in [0.1, 0.15) is 27.9 Å². The van der Waals surface area contributed by atoms with Crippen LogP contribution in [0.3, 0.4) is 0 Å². The number of hydrogen-bond acceptors (Lipinski definition) is 7. The van der Waals surface area contributed by atoms with Crippen LogP contribution in [0.5, 0.6) is 0 Å². The monoisotopic (exact) mass is 640 g/mol. The van der Waals surface area contributed by atoms with Gasteiger partial charge in [0.15, 0.2) is 0 Å². The predicted octanol–water partition coefficient (Wildman–Crippen LogP) is 3.68. The maximum absolute atomic E-state index is 13.8. The standard InChI is InChI=1S/C25H25BrN2O7S3/c1-18-7-11-21(12-8-18)36(30,31)27(37(32,33)22-13-9-19(2)10-14-22)17-20(15-16-26)28-25(29)23-5-3-4-6-24(23)38(28,34)35/h3-14,20H,15-17H2,1-2H3. The first kappa shape index (κ1) is 28.4. The normalized spacial score (nSPS) is 16.0. The molecule has 0 aliphatic carbocycles. The number of benzene rings is 3. The average molecular weight is 642 g/mol. The second-order valence-electron chi connectivity index (χ2n) is 8.83. The molecule has 0 aromatic heterocycles. The van der Waals surface area contributed by atoms with Crippen LogP contribution in [0.15, 0.2) is 87.5 Å². The number of hydrogen-bond donors (Lipinski definition) is 0. The molecule has 1 unspecified atom stereocenters. The van der Waals surface area contributed by atoms with Crippen LogP contribution in [0.25, 0.3) is 0 Å². The maximum Gasteiger partial charge on any atom is 0.269 e. The van der Waals surface area contributed by atoms with E-state index in [1.807, 2.05) is 0 Å². The van der Waals surface area contributed by atoms with Crippen molar-refractivity contribution in [2.24, 2.45) is 0 Å². The van der Waals surface area contributed by atoms with E-state index in [-0.39, 0.29) is 32.0 Å². The van der Waals surface area contributed by atoms with Gasteiger partial charge < -0.3 is 0 Å². The number of alkyl halides is 1. The minimum atomic E-state index is -4.70. The summed E-state index contributed by atoms with van der Waals surface area (Å²) < 4.78 is 83.0. The molecule has 0 bridgehead atoms. The molecule has 0 spiro atoms. The van der Waals surface area contributed by atoms with Gasteiger partial charge >= 0.3 is 0 Å². The average Bonchev–Trinajstić information content (AvgIpc) is 3.07. The first-order valence-corrected chi connectivity index (χ1v) is 16.9. The third-order valence-electron chi connectivity index (χ3n) is 6.16. The van der Waals surface area contributed by atoms with Crippen LogP contribution in [0, 0.1) is 13.8 Å². The van der Waals surface area contributed by atoms with Crippen molar-refractivity contribution in [2.75, 3.05) is 11.9 Å². The Hall–Kier alpha value is -2.58. The van der Waals surface area contributed by atoms with Crippen molar-refractivity contribution in [2.45, 2.75) is 41.0 Å². The van der Waals surface area contributed by atoms with Crippen molar-refractivity contribution in [3.05, 3.63) is 89.5 Å². The molecular weight excluding hydrogens is 616 g/mol. The lowest BCUT2D eigenvalue weighted by atomic mass is 10.1. The molecule has 0 saturated carbocycles. The molecule has 0 radical (unpaired) electrons. The number of carbonyl (C=O) groups is 1. The molecule has 3 aromatic rings. The summed E-state index contributed by atoms with van der Waals surface area (Å²) >= 11 is 3.24. The van der Waals surface area contributed by atoms with Crippen LogP contribution < -0.4 is 0 Å². The van der Waals surface area contributed by atoms with Crippen LogP contribution in [-0.2, 0) is 30.1 Å². The predicted molar refractivity (Wildman–Crippen MR) is 145 cm³/mol. The summed E-state index contributed by atoms with van der Waals surface area (Å²) in [4.78, 5) is 12.5. The number of amides is 1. The summed E-state index contributed by atoms with van der Waals surface area (Å²) in [6.45, 7) is 2.70. The van der Waals surface area contributed by atoms with E-state index in [0.29, 0.717) is 8.02 Å². The highest BCUT2D eigenvalue weighted by Gasteiger charge is 2.48. The Labute approximate surface area is 231 Å². The Morgan fingerprint density at radius 3 is 1.74 bits per heavy atom. The van der Waals surface area contributed by atoms with Gasteiger partial charge in [0.05, 0.1) is 27.9 Å². The molecule has 1 amide bonds. The molecule has 1 atom stereocenters. The molecule has 202 valence electrons. The molecule has 13 heteroatoms. The van der Waals surface area contributed by atoms with Gasteiger partial charge in [-0.25, -0.2) is 29.6 Å². The first-order chi connectivity index (χ1) is 17.8. The van der Waals surface area contributed by atoms with Crippen LogP contribution >= 0.6 is 15.9 Å². The van der Waals surface area contributed by atoms with E-state index in [0.717, 1.165) is 11.1 Å². The minimum absolute atomic E-state index is 0.0394. The molecule has 0 saturated heterocycles. The van der Waals surface area contributed by atoms with Gasteiger partial charge in [-0.05, 0) is 56.7 Å². The zero-order valence-corrected chi connectivity index (χ0v) is 24.5. The zero-order valence-electron chi connectivity index (χ0n) is 20.5. The lowest BCUT2D eigenvalue weighted by Gasteiger charge is -2.31. The lowest BCUT2D eigenvalue weighted by molar-refractivity contribution is 0.0825. The minimum Gasteiger partial charge on any atom is -0.268 e. The lowest BCUT2D eigenvalue weighted by Crippen LogP contribution is -2.50. The van der Waals surface area contributed by atoms with Gasteiger partial charge in [0.1, 0.15) is 4.90 Å². The second kappa shape index (κ2) is 10.5. The molecule has 0 N–H and O–H groups in total. The van der Waals surface area contributed by atoms with Crippen molar-refractivity contribution in [3.8, 4) is 0 Å². The highest BCUT2D eigenvalue weighted by Crippen LogP contribution is 2.34. The van der Waals surface area contributed by atoms with Gasteiger partial charge in [0.2, 0.25) is 0 Å². The number of rotatable bonds is 9. The molecule has 4 rings (SSSR count). The fraction of sp³-hybridized carbons (Fsp3) is 0.240. The fourth-order valence-corrected chi connectivity index (χ4v) is 10.1. The van der Waals surface area contributed by atoms with Crippen molar-refractivity contribution in [3.63, 3.8) is 0 Å². The molecule has 1 aliphatic rings. The highest BCUT2D eigenvalue weighted by molar-refractivity contribution is 9.09. The Morgan fingerprint density at radius 1 is 0.816 bits per heavy atom. The van der Waals surface area contributed by atoms with Crippen LogP contribution in [-0.4, -0.2) is 57.1 Å². The van der Waals surface area contributed by atoms with Crippen molar-refractivity contribution in [1.82, 2.24) is 8.02 Å². The number of carbonyl (C=O) groups excluding carboxylic acids is 1. The van der Waals surface area contributed by atoms with E-state index in [1.54, 1.807) is 13.8 Å². The number of nitrogens with zero attached hydrogens (tertiary/aromatic N) is 2. The highest BCUT2D eigenvalue weighted by atomic mass is 79.9. The summed E-state index contributed by atoms with van der Waals surface area (Å²) in [7, 11) is -13.8. The number of sulfonamides is 3. The topological polar surface area (TPSA) is 126 Å². The van der Waals surface area contributed by atoms with Crippen molar-refractivity contribution in [1.29, 1.82) is 0 Å². The van der Waals surface area contributed by atoms with Crippen molar-refractivity contribution >= 4 is 51.9 Å². The summed E-state index contributed by atoms with van der Waals surface area (Å²) in [6, 6.07) is 15.6. The molecule has 3 aromatic carbocycles. The number of aryl methyl sites for hydroxylation is 2. The Kier molecular flexibility index (Phi) is 7.88. The summed E-state index contributed by atoms with van der Waals surface area (Å²) in [5.41, 5.74) is 1.47. The summed E-state index contributed by atoms with van der Waals surface area (Å²) in [5, 5.41) is 0.177. The molecule has 1 aliphatic heterocycles.